The van der Waals surface area contributed by atoms with Crippen LogP contribution in [-0.2, 0) is 0 Å². The summed E-state index contributed by atoms with van der Waals surface area (Å²) >= 11 is 0. The molecule has 0 saturated heterocycles. The molecule has 0 amide bonds. The van der Waals surface area contributed by atoms with Crippen LogP contribution in [0.25, 0.3) is 0 Å². The van der Waals surface area contributed by atoms with Gasteiger partial charge >= 0.3 is 0 Å². The van der Waals surface area contributed by atoms with E-state index in [2.05, 4.69) is 10.2 Å². The Morgan fingerprint density at radius 2 is 1.17 bits per heavy atom. The second-order valence-corrected chi connectivity index (χ2v) is 5.60. The maximum atomic E-state index is 11.2. The molecule has 132 valence electrons. The van der Waals surface area contributed by atoms with Crippen molar-refractivity contribution >= 4 is 11.6 Å². The highest BCUT2D eigenvalue weighted by Crippen LogP contribution is 2.05. The van der Waals surface area contributed by atoms with Crippen LogP contribution in [0.1, 0.15) is 52.6 Å². The third-order valence-electron chi connectivity index (χ3n) is 3.71. The lowest BCUT2D eigenvalue weighted by atomic mass is 10.3. The van der Waals surface area contributed by atoms with Crippen molar-refractivity contribution in [2.75, 3.05) is 11.5 Å². The van der Waals surface area contributed by atoms with Crippen LogP contribution in [-0.4, -0.2) is 19.6 Å². The summed E-state index contributed by atoms with van der Waals surface area (Å²) in [6.45, 7) is 7.88. The molecule has 0 spiro atoms. The number of anilines is 2. The minimum atomic E-state index is -0.0986. The Balaban J connectivity index is 0.000000240. The van der Waals surface area contributed by atoms with E-state index in [1.54, 1.807) is 0 Å². The molecule has 0 aliphatic heterocycles. The van der Waals surface area contributed by atoms with Gasteiger partial charge in [-0.15, -0.1) is 0 Å². The smallest absolute Gasteiger partial charge is 0.267 e. The molecule has 2 rings (SSSR count). The molecule has 24 heavy (non-hydrogen) atoms. The van der Waals surface area contributed by atoms with Crippen LogP contribution in [0.3, 0.4) is 0 Å². The SMILES string of the molecule is CCC(C)n1nc(N)ccc1=O.CCC(C)n1nc(N)ccc1=O. The van der Waals surface area contributed by atoms with Crippen molar-refractivity contribution in [1.29, 1.82) is 0 Å². The largest absolute Gasteiger partial charge is 0.382 e. The highest BCUT2D eigenvalue weighted by molar-refractivity contribution is 5.24. The molecule has 0 fully saturated rings. The molecule has 8 nitrogen and oxygen atoms in total. The summed E-state index contributed by atoms with van der Waals surface area (Å²) < 4.78 is 2.82. The Bertz CT molecular complexity index is 702. The van der Waals surface area contributed by atoms with E-state index in [1.807, 2.05) is 27.7 Å². The summed E-state index contributed by atoms with van der Waals surface area (Å²) in [5, 5.41) is 7.85. The van der Waals surface area contributed by atoms with Crippen LogP contribution in [0.2, 0.25) is 0 Å². The molecule has 0 saturated carbocycles. The Hall–Kier alpha value is -2.64. The summed E-state index contributed by atoms with van der Waals surface area (Å²) in [6.07, 6.45) is 1.74. The van der Waals surface area contributed by atoms with E-state index in [0.29, 0.717) is 11.6 Å². The molecule has 8 heteroatoms. The van der Waals surface area contributed by atoms with Gasteiger partial charge < -0.3 is 11.5 Å². The molecule has 2 heterocycles. The Labute approximate surface area is 141 Å². The van der Waals surface area contributed by atoms with Crippen LogP contribution in [0.15, 0.2) is 33.9 Å². The third kappa shape index (κ3) is 5.22. The molecule has 2 aromatic rings. The van der Waals surface area contributed by atoms with Crippen LogP contribution in [0, 0.1) is 0 Å². The number of hydrogen-bond acceptors (Lipinski definition) is 6. The van der Waals surface area contributed by atoms with Crippen LogP contribution >= 0.6 is 0 Å². The number of aromatic nitrogens is 4. The van der Waals surface area contributed by atoms with Crippen molar-refractivity contribution < 1.29 is 0 Å². The average Bonchev–Trinajstić information content (AvgIpc) is 2.58. The zero-order chi connectivity index (χ0) is 18.3. The van der Waals surface area contributed by atoms with E-state index in [-0.39, 0.29) is 23.2 Å². The standard InChI is InChI=1S/2C8H13N3O/c2*1-3-6(2)11-8(12)5-4-7(9)10-11/h2*4-6H,3H2,1-2H3,(H2,9,10). The fourth-order valence-corrected chi connectivity index (χ4v) is 1.86. The third-order valence-corrected chi connectivity index (χ3v) is 3.71. The van der Waals surface area contributed by atoms with Gasteiger partial charge in [-0.2, -0.15) is 10.2 Å². The lowest BCUT2D eigenvalue weighted by Crippen LogP contribution is -2.25. The molecule has 0 aromatic carbocycles. The molecule has 2 atom stereocenters. The molecule has 2 unspecified atom stereocenters. The van der Waals surface area contributed by atoms with E-state index in [9.17, 15) is 9.59 Å². The number of nitrogen functional groups attached to an aromatic ring is 2. The lowest BCUT2D eigenvalue weighted by molar-refractivity contribution is 0.456. The van der Waals surface area contributed by atoms with Crippen molar-refractivity contribution in [3.05, 3.63) is 45.0 Å². The van der Waals surface area contributed by atoms with Crippen molar-refractivity contribution in [3.63, 3.8) is 0 Å². The normalized spacial score (nSPS) is 12.8. The molecule has 0 radical (unpaired) electrons. The summed E-state index contributed by atoms with van der Waals surface area (Å²) in [4.78, 5) is 22.4. The van der Waals surface area contributed by atoms with Gasteiger partial charge in [-0.1, -0.05) is 13.8 Å². The van der Waals surface area contributed by atoms with Crippen molar-refractivity contribution in [2.45, 2.75) is 52.6 Å². The van der Waals surface area contributed by atoms with Crippen LogP contribution in [0.5, 0.6) is 0 Å². The molecule has 0 bridgehead atoms. The zero-order valence-corrected chi connectivity index (χ0v) is 14.6. The molecule has 0 aliphatic rings. The van der Waals surface area contributed by atoms with Gasteiger partial charge in [0.1, 0.15) is 11.6 Å². The molecular formula is C16H26N6O2. The minimum Gasteiger partial charge on any atom is -0.382 e. The quantitative estimate of drug-likeness (QED) is 0.875. The summed E-state index contributed by atoms with van der Waals surface area (Å²) in [5.41, 5.74) is 10.7. The fraction of sp³-hybridized carbons (Fsp3) is 0.500. The number of nitrogens with zero attached hydrogens (tertiary/aromatic N) is 4. The number of hydrogen-bond donors (Lipinski definition) is 2. The first-order chi connectivity index (χ1) is 11.3. The highest BCUT2D eigenvalue weighted by atomic mass is 16.1. The van der Waals surface area contributed by atoms with Crippen molar-refractivity contribution in [3.8, 4) is 0 Å². The van der Waals surface area contributed by atoms with Gasteiger partial charge in [0.25, 0.3) is 11.1 Å². The average molecular weight is 334 g/mol. The predicted molar refractivity (Wildman–Crippen MR) is 95.8 cm³/mol. The maximum Gasteiger partial charge on any atom is 0.267 e. The zero-order valence-electron chi connectivity index (χ0n) is 14.6. The van der Waals surface area contributed by atoms with E-state index < -0.39 is 0 Å². The Morgan fingerprint density at radius 3 is 1.46 bits per heavy atom. The first-order valence-corrected chi connectivity index (χ1v) is 8.00. The van der Waals surface area contributed by atoms with E-state index in [4.69, 9.17) is 11.5 Å². The Kier molecular flexibility index (Phi) is 7.16. The second kappa shape index (κ2) is 8.85. The first kappa shape index (κ1) is 19.4. The van der Waals surface area contributed by atoms with Gasteiger partial charge in [-0.05, 0) is 38.8 Å². The summed E-state index contributed by atoms with van der Waals surface area (Å²) in [6, 6.07) is 6.13. The molecule has 4 N–H and O–H groups in total. The summed E-state index contributed by atoms with van der Waals surface area (Å²) in [7, 11) is 0. The highest BCUT2D eigenvalue weighted by Gasteiger charge is 2.05. The predicted octanol–water partition coefficient (Wildman–Crippen LogP) is 1.59. The van der Waals surface area contributed by atoms with E-state index >= 15 is 0 Å². The first-order valence-electron chi connectivity index (χ1n) is 8.00. The maximum absolute atomic E-state index is 11.2. The van der Waals surface area contributed by atoms with Gasteiger partial charge in [0.15, 0.2) is 0 Å². The molecule has 0 aliphatic carbocycles. The van der Waals surface area contributed by atoms with Crippen LogP contribution in [0.4, 0.5) is 11.6 Å². The summed E-state index contributed by atoms with van der Waals surface area (Å²) in [5.74, 6) is 0.768. The number of nitrogens with two attached hydrogens (primary N) is 2. The molecular weight excluding hydrogens is 308 g/mol. The van der Waals surface area contributed by atoms with E-state index in [1.165, 1.54) is 33.6 Å². The topological polar surface area (TPSA) is 122 Å². The van der Waals surface area contributed by atoms with Crippen molar-refractivity contribution in [1.82, 2.24) is 19.6 Å². The minimum absolute atomic E-state index is 0.0986. The van der Waals surface area contributed by atoms with Gasteiger partial charge in [-0.25, -0.2) is 9.36 Å². The van der Waals surface area contributed by atoms with Crippen molar-refractivity contribution in [2.24, 2.45) is 0 Å². The van der Waals surface area contributed by atoms with Crippen LogP contribution < -0.4 is 22.6 Å². The Morgan fingerprint density at radius 1 is 0.833 bits per heavy atom. The van der Waals surface area contributed by atoms with Gasteiger partial charge in [-0.3, -0.25) is 9.59 Å². The number of rotatable bonds is 4. The lowest BCUT2D eigenvalue weighted by Gasteiger charge is -2.10. The molecule has 2 aromatic heterocycles. The monoisotopic (exact) mass is 334 g/mol. The van der Waals surface area contributed by atoms with Gasteiger partial charge in [0, 0.05) is 12.1 Å². The van der Waals surface area contributed by atoms with Gasteiger partial charge in [0.05, 0.1) is 12.1 Å². The fourth-order valence-electron chi connectivity index (χ4n) is 1.86. The van der Waals surface area contributed by atoms with E-state index in [0.717, 1.165) is 12.8 Å². The van der Waals surface area contributed by atoms with Gasteiger partial charge in [0.2, 0.25) is 0 Å². The second-order valence-electron chi connectivity index (χ2n) is 5.60.